The number of hydrogen-bond acceptors (Lipinski definition) is 5. The number of benzene rings is 2. The number of amides is 1. The van der Waals surface area contributed by atoms with Crippen LogP contribution in [0.5, 0.6) is 0 Å². The minimum atomic E-state index is -1.55. The van der Waals surface area contributed by atoms with Gasteiger partial charge in [0.05, 0.1) is 29.3 Å². The lowest BCUT2D eigenvalue weighted by molar-refractivity contribution is -0.144. The predicted octanol–water partition coefficient (Wildman–Crippen LogP) is 3.66. The summed E-state index contributed by atoms with van der Waals surface area (Å²) in [4.78, 5) is 25.2. The fourth-order valence-corrected chi connectivity index (χ4v) is 4.75. The van der Waals surface area contributed by atoms with E-state index in [0.717, 1.165) is 16.5 Å². The third-order valence-corrected chi connectivity index (χ3v) is 6.75. The first-order valence-electron chi connectivity index (χ1n) is 10.5. The molecule has 1 heterocycles. The molecule has 0 saturated carbocycles. The molecule has 2 atom stereocenters. The van der Waals surface area contributed by atoms with Crippen molar-refractivity contribution in [3.63, 3.8) is 0 Å². The van der Waals surface area contributed by atoms with Crippen molar-refractivity contribution in [2.24, 2.45) is 7.05 Å². The van der Waals surface area contributed by atoms with Gasteiger partial charge in [0, 0.05) is 12.4 Å². The molecule has 1 amide bonds. The van der Waals surface area contributed by atoms with Crippen molar-refractivity contribution < 1.29 is 24.0 Å². The molecule has 3 aromatic rings. The molecule has 0 aliphatic heterocycles. The van der Waals surface area contributed by atoms with Crippen LogP contribution in [0.3, 0.4) is 0 Å². The van der Waals surface area contributed by atoms with Gasteiger partial charge in [-0.2, -0.15) is 0 Å². The second-order valence-corrected chi connectivity index (χ2v) is 9.93. The molecule has 176 valence electrons. The van der Waals surface area contributed by atoms with E-state index >= 15 is 0 Å². The number of carbonyl (C=O) groups excluding carboxylic acids is 2. The highest BCUT2D eigenvalue weighted by Gasteiger charge is 2.22. The zero-order valence-electron chi connectivity index (χ0n) is 18.9. The van der Waals surface area contributed by atoms with Gasteiger partial charge in [-0.1, -0.05) is 23.7 Å². The van der Waals surface area contributed by atoms with Gasteiger partial charge >= 0.3 is 5.97 Å². The molecule has 0 aliphatic rings. The van der Waals surface area contributed by atoms with Gasteiger partial charge in [0.2, 0.25) is 5.75 Å². The summed E-state index contributed by atoms with van der Waals surface area (Å²) in [5, 5.41) is 14.1. The standard InChI is InChI=1S/C24H27ClN2O5S/c1-14(2)32-23(29)13-33(31)17-7-5-16(6-8-17)20(12-28)26-24(30)22-11-18-19(25)9-15(3)10-21(18)27(22)4/h5-11,14,20,28H,12-13H2,1-4H3,(H,26,30)/t20-,33?/m1/s1. The number of nitrogens with one attached hydrogen (secondary N) is 1. The van der Waals surface area contributed by atoms with Crippen molar-refractivity contribution in [1.82, 2.24) is 9.88 Å². The normalized spacial score (nSPS) is 13.2. The van der Waals surface area contributed by atoms with E-state index in [-0.39, 0.29) is 24.4 Å². The molecule has 0 fully saturated rings. The number of aliphatic hydroxyl groups is 1. The van der Waals surface area contributed by atoms with Crippen LogP contribution >= 0.6 is 11.6 Å². The van der Waals surface area contributed by atoms with E-state index in [0.29, 0.717) is 21.2 Å². The quantitative estimate of drug-likeness (QED) is 0.370. The Labute approximate surface area is 200 Å². The van der Waals surface area contributed by atoms with Crippen LogP contribution < -0.4 is 5.32 Å². The fraction of sp³-hybridized carbons (Fsp3) is 0.333. The summed E-state index contributed by atoms with van der Waals surface area (Å²) >= 11 is 4.79. The van der Waals surface area contributed by atoms with Gasteiger partial charge in [-0.3, -0.25) is 4.79 Å². The highest BCUT2D eigenvalue weighted by atomic mass is 35.5. The first-order chi connectivity index (χ1) is 15.6. The van der Waals surface area contributed by atoms with Gasteiger partial charge in [-0.05, 0) is 73.4 Å². The Morgan fingerprint density at radius 2 is 1.88 bits per heavy atom. The van der Waals surface area contributed by atoms with Gasteiger partial charge < -0.3 is 24.3 Å². The summed E-state index contributed by atoms with van der Waals surface area (Å²) in [5.74, 6) is -1.12. The zero-order valence-corrected chi connectivity index (χ0v) is 20.5. The number of nitrogens with zero attached hydrogens (tertiary/aromatic N) is 1. The Hall–Kier alpha value is -2.52. The second kappa shape index (κ2) is 10.6. The monoisotopic (exact) mass is 490 g/mol. The molecule has 0 radical (unpaired) electrons. The van der Waals surface area contributed by atoms with Gasteiger partial charge in [-0.25, -0.2) is 4.79 Å². The molecule has 1 unspecified atom stereocenters. The lowest BCUT2D eigenvalue weighted by Crippen LogP contribution is -2.32. The number of halogens is 1. The average molecular weight is 491 g/mol. The van der Waals surface area contributed by atoms with Gasteiger partial charge in [0.15, 0.2) is 4.90 Å². The van der Waals surface area contributed by atoms with Crippen molar-refractivity contribution in [3.8, 4) is 0 Å². The van der Waals surface area contributed by atoms with Crippen LogP contribution in [0.1, 0.15) is 41.5 Å². The first-order valence-corrected chi connectivity index (χ1v) is 12.2. The molecule has 2 aromatic carbocycles. The van der Waals surface area contributed by atoms with E-state index in [2.05, 4.69) is 5.32 Å². The summed E-state index contributed by atoms with van der Waals surface area (Å²) in [5.41, 5.74) is 2.89. The van der Waals surface area contributed by atoms with Crippen LogP contribution in [0.15, 0.2) is 47.4 Å². The number of hydrogen-bond donors (Lipinski definition) is 2. The molecule has 1 aromatic heterocycles. The molecular weight excluding hydrogens is 464 g/mol. The van der Waals surface area contributed by atoms with Crippen LogP contribution in [0.2, 0.25) is 5.02 Å². The topological polar surface area (TPSA) is 104 Å². The summed E-state index contributed by atoms with van der Waals surface area (Å²) in [6, 6.07) is 11.4. The third-order valence-electron chi connectivity index (χ3n) is 5.14. The molecule has 9 heteroatoms. The van der Waals surface area contributed by atoms with Gasteiger partial charge in [0.25, 0.3) is 5.91 Å². The Balaban J connectivity index is 1.74. The highest BCUT2D eigenvalue weighted by molar-refractivity contribution is 7.92. The van der Waals surface area contributed by atoms with Gasteiger partial charge in [0.1, 0.15) is 5.69 Å². The summed E-state index contributed by atoms with van der Waals surface area (Å²) in [6.45, 7) is 5.07. The SMILES string of the molecule is Cc1cc(Cl)c2cc(C(=O)N[C@H](CO)c3ccc([S+]([O-])CC(=O)OC(C)C)cc3)n(C)c2c1. The van der Waals surface area contributed by atoms with E-state index in [1.807, 2.05) is 19.1 Å². The van der Waals surface area contributed by atoms with E-state index in [1.165, 1.54) is 0 Å². The maximum absolute atomic E-state index is 13.0. The molecule has 0 bridgehead atoms. The Morgan fingerprint density at radius 3 is 2.48 bits per heavy atom. The van der Waals surface area contributed by atoms with E-state index in [9.17, 15) is 19.2 Å². The van der Waals surface area contributed by atoms with Crippen LogP contribution in [0.25, 0.3) is 10.9 Å². The third kappa shape index (κ3) is 5.89. The zero-order chi connectivity index (χ0) is 24.3. The van der Waals surface area contributed by atoms with Crippen LogP contribution in [-0.2, 0) is 27.8 Å². The lowest BCUT2D eigenvalue weighted by Gasteiger charge is -2.18. The fourth-order valence-electron chi connectivity index (χ4n) is 3.54. The number of rotatable bonds is 8. The smallest absolute Gasteiger partial charge is 0.357 e. The number of ether oxygens (including phenoxy) is 1. The largest absolute Gasteiger partial charge is 0.611 e. The number of carbonyl (C=O) groups is 2. The molecule has 0 spiro atoms. The van der Waals surface area contributed by atoms with Crippen LogP contribution in [0, 0.1) is 6.92 Å². The van der Waals surface area contributed by atoms with E-state index in [1.54, 1.807) is 55.8 Å². The average Bonchev–Trinajstić information content (AvgIpc) is 3.08. The number of fused-ring (bicyclic) bond motifs is 1. The van der Waals surface area contributed by atoms with Crippen molar-refractivity contribution in [1.29, 1.82) is 0 Å². The minimum Gasteiger partial charge on any atom is -0.611 e. The summed E-state index contributed by atoms with van der Waals surface area (Å²) < 4.78 is 19.2. The summed E-state index contributed by atoms with van der Waals surface area (Å²) in [6.07, 6.45) is -0.271. The highest BCUT2D eigenvalue weighted by Crippen LogP contribution is 2.28. The molecular formula is C24H27ClN2O5S. The molecule has 7 nitrogen and oxygen atoms in total. The predicted molar refractivity (Wildman–Crippen MR) is 129 cm³/mol. The minimum absolute atomic E-state index is 0.235. The lowest BCUT2D eigenvalue weighted by atomic mass is 10.1. The Morgan fingerprint density at radius 1 is 1.21 bits per heavy atom. The maximum atomic E-state index is 13.0. The molecule has 0 aliphatic carbocycles. The van der Waals surface area contributed by atoms with E-state index in [4.69, 9.17) is 16.3 Å². The van der Waals surface area contributed by atoms with Crippen molar-refractivity contribution in [2.75, 3.05) is 12.4 Å². The van der Waals surface area contributed by atoms with E-state index < -0.39 is 23.2 Å². The summed E-state index contributed by atoms with van der Waals surface area (Å²) in [7, 11) is 1.79. The van der Waals surface area contributed by atoms with Crippen molar-refractivity contribution in [3.05, 3.63) is 64.3 Å². The number of esters is 1. The van der Waals surface area contributed by atoms with Crippen molar-refractivity contribution in [2.45, 2.75) is 37.8 Å². The van der Waals surface area contributed by atoms with Crippen LogP contribution in [0.4, 0.5) is 0 Å². The molecule has 3 rings (SSSR count). The number of aryl methyl sites for hydroxylation is 2. The second-order valence-electron chi connectivity index (χ2n) is 8.07. The number of aromatic nitrogens is 1. The Kier molecular flexibility index (Phi) is 8.07. The first kappa shape index (κ1) is 25.1. The van der Waals surface area contributed by atoms with Gasteiger partial charge in [-0.15, -0.1) is 0 Å². The molecule has 2 N–H and O–H groups in total. The maximum Gasteiger partial charge on any atom is 0.357 e. The number of aliphatic hydroxyl groups excluding tert-OH is 1. The van der Waals surface area contributed by atoms with Crippen molar-refractivity contribution >= 4 is 45.6 Å². The molecule has 0 saturated heterocycles. The van der Waals surface area contributed by atoms with Crippen LogP contribution in [-0.4, -0.2) is 44.6 Å². The molecule has 33 heavy (non-hydrogen) atoms. The Bertz CT molecular complexity index is 1160.